The number of H-pyrrole nitrogens is 2. The van der Waals surface area contributed by atoms with Crippen molar-refractivity contribution < 1.29 is 4.79 Å². The number of nitrogen functional groups attached to an aromatic ring is 1. The molecule has 0 aliphatic rings. The van der Waals surface area contributed by atoms with Gasteiger partial charge in [0, 0.05) is 27.1 Å². The lowest BCUT2D eigenvalue weighted by atomic mass is 10.1. The molecular formula is C23H18ClN9O. The van der Waals surface area contributed by atoms with Crippen LogP contribution in [0.2, 0.25) is 5.02 Å². The van der Waals surface area contributed by atoms with Crippen molar-refractivity contribution in [2.75, 3.05) is 5.73 Å². The third-order valence-corrected chi connectivity index (χ3v) is 5.96. The first-order valence-electron chi connectivity index (χ1n) is 10.5. The van der Waals surface area contributed by atoms with Crippen molar-refractivity contribution in [2.24, 2.45) is 0 Å². The summed E-state index contributed by atoms with van der Waals surface area (Å²) < 4.78 is 1.90. The fourth-order valence-corrected chi connectivity index (χ4v) is 4.37. The molecule has 6 rings (SSSR count). The number of imidazole rings is 1. The van der Waals surface area contributed by atoms with Crippen molar-refractivity contribution in [3.05, 3.63) is 77.1 Å². The van der Waals surface area contributed by atoms with Gasteiger partial charge in [0.1, 0.15) is 11.8 Å². The van der Waals surface area contributed by atoms with Crippen LogP contribution in [0.3, 0.4) is 0 Å². The predicted octanol–water partition coefficient (Wildman–Crippen LogP) is 3.40. The van der Waals surface area contributed by atoms with Crippen LogP contribution in [-0.2, 0) is 13.1 Å². The lowest BCUT2D eigenvalue weighted by molar-refractivity contribution is 0.0950. The molecule has 168 valence electrons. The van der Waals surface area contributed by atoms with Gasteiger partial charge in [0.2, 0.25) is 0 Å². The number of halogens is 1. The standard InChI is InChI=1S/C23H18ClN9O/c24-16-4-13-6-17(8-26-23(34)12-1-2-18-14(3-12)7-30-32-18)31-19(13)15(5-16)9-33-11-29-20-21(25)27-10-28-22(20)33/h1-7,10-11,31H,8-9H2,(H,26,34)(H,30,32)(H2,25,27,28). The predicted molar refractivity (Wildman–Crippen MR) is 129 cm³/mol. The van der Waals surface area contributed by atoms with Crippen molar-refractivity contribution in [1.29, 1.82) is 0 Å². The zero-order valence-corrected chi connectivity index (χ0v) is 18.5. The number of aromatic amines is 2. The van der Waals surface area contributed by atoms with E-state index in [1.807, 2.05) is 34.9 Å². The first-order chi connectivity index (χ1) is 16.5. The summed E-state index contributed by atoms with van der Waals surface area (Å²) in [7, 11) is 0. The minimum Gasteiger partial charge on any atom is -0.382 e. The van der Waals surface area contributed by atoms with Crippen LogP contribution in [0.1, 0.15) is 21.6 Å². The fourth-order valence-electron chi connectivity index (χ4n) is 4.12. The smallest absolute Gasteiger partial charge is 0.251 e. The van der Waals surface area contributed by atoms with E-state index in [0.717, 1.165) is 33.1 Å². The van der Waals surface area contributed by atoms with E-state index in [1.54, 1.807) is 18.6 Å². The van der Waals surface area contributed by atoms with Gasteiger partial charge in [-0.1, -0.05) is 11.6 Å². The molecule has 0 fully saturated rings. The maximum atomic E-state index is 12.7. The second kappa shape index (κ2) is 7.85. The highest BCUT2D eigenvalue weighted by Crippen LogP contribution is 2.27. The monoisotopic (exact) mass is 471 g/mol. The molecule has 2 aromatic carbocycles. The lowest BCUT2D eigenvalue weighted by Gasteiger charge is -2.07. The van der Waals surface area contributed by atoms with Crippen LogP contribution in [0, 0.1) is 0 Å². The largest absolute Gasteiger partial charge is 0.382 e. The van der Waals surface area contributed by atoms with E-state index in [1.165, 1.54) is 6.33 Å². The second-order valence-electron chi connectivity index (χ2n) is 7.98. The topological polar surface area (TPSA) is 143 Å². The van der Waals surface area contributed by atoms with Gasteiger partial charge in [0.15, 0.2) is 11.5 Å². The third-order valence-electron chi connectivity index (χ3n) is 5.74. The van der Waals surface area contributed by atoms with Crippen LogP contribution >= 0.6 is 11.6 Å². The van der Waals surface area contributed by atoms with Gasteiger partial charge < -0.3 is 20.6 Å². The molecular weight excluding hydrogens is 454 g/mol. The summed E-state index contributed by atoms with van der Waals surface area (Å²) >= 11 is 6.40. The highest BCUT2D eigenvalue weighted by atomic mass is 35.5. The van der Waals surface area contributed by atoms with Gasteiger partial charge >= 0.3 is 0 Å². The van der Waals surface area contributed by atoms with Gasteiger partial charge in [-0.3, -0.25) is 9.89 Å². The Bertz CT molecular complexity index is 1700. The van der Waals surface area contributed by atoms with Gasteiger partial charge in [-0.15, -0.1) is 0 Å². The summed E-state index contributed by atoms with van der Waals surface area (Å²) in [6.45, 7) is 0.826. The van der Waals surface area contributed by atoms with Gasteiger partial charge in [-0.2, -0.15) is 5.10 Å². The molecule has 1 amide bonds. The maximum Gasteiger partial charge on any atom is 0.251 e. The molecule has 10 nitrogen and oxygen atoms in total. The molecule has 6 aromatic rings. The second-order valence-corrected chi connectivity index (χ2v) is 8.42. The van der Waals surface area contributed by atoms with E-state index in [0.29, 0.717) is 40.7 Å². The van der Waals surface area contributed by atoms with E-state index in [9.17, 15) is 4.79 Å². The molecule has 0 unspecified atom stereocenters. The number of carbonyl (C=O) groups excluding carboxylic acids is 1. The first-order valence-corrected chi connectivity index (χ1v) is 10.9. The Labute approximate surface area is 197 Å². The van der Waals surface area contributed by atoms with Crippen LogP contribution in [-0.4, -0.2) is 40.6 Å². The van der Waals surface area contributed by atoms with Crippen molar-refractivity contribution in [3.63, 3.8) is 0 Å². The Morgan fingerprint density at radius 1 is 1.12 bits per heavy atom. The summed E-state index contributed by atoms with van der Waals surface area (Å²) in [5.41, 5.74) is 11.3. The van der Waals surface area contributed by atoms with Crippen LogP contribution in [0.25, 0.3) is 33.0 Å². The molecule has 0 atom stereocenters. The zero-order chi connectivity index (χ0) is 23.2. The van der Waals surface area contributed by atoms with E-state index >= 15 is 0 Å². The van der Waals surface area contributed by atoms with E-state index in [-0.39, 0.29) is 5.91 Å². The van der Waals surface area contributed by atoms with Crippen LogP contribution < -0.4 is 11.1 Å². The third kappa shape index (κ3) is 3.50. The van der Waals surface area contributed by atoms with Gasteiger partial charge in [0.05, 0.1) is 36.6 Å². The number of nitrogens with one attached hydrogen (secondary N) is 3. The molecule has 0 bridgehead atoms. The number of hydrogen-bond acceptors (Lipinski definition) is 6. The van der Waals surface area contributed by atoms with Crippen LogP contribution in [0.15, 0.2) is 55.2 Å². The van der Waals surface area contributed by atoms with E-state index in [4.69, 9.17) is 17.3 Å². The van der Waals surface area contributed by atoms with E-state index < -0.39 is 0 Å². The Hall–Kier alpha value is -4.44. The average Bonchev–Trinajstić information content (AvgIpc) is 3.56. The molecule has 0 aliphatic carbocycles. The number of benzene rings is 2. The highest BCUT2D eigenvalue weighted by molar-refractivity contribution is 6.31. The Kier molecular flexibility index (Phi) is 4.66. The SMILES string of the molecule is Nc1ncnc2c1ncn2Cc1cc(Cl)cc2cc(CNC(=O)c3ccc4[nH]ncc4c3)[nH]c12. The Balaban J connectivity index is 1.26. The number of anilines is 1. The average molecular weight is 472 g/mol. The van der Waals surface area contributed by atoms with Gasteiger partial charge in [-0.05, 0) is 42.0 Å². The molecule has 0 saturated heterocycles. The maximum absolute atomic E-state index is 12.7. The number of rotatable bonds is 5. The molecule has 5 N–H and O–H groups in total. The number of hydrogen-bond donors (Lipinski definition) is 4. The van der Waals surface area contributed by atoms with Crippen molar-refractivity contribution >= 4 is 56.3 Å². The molecule has 0 aliphatic heterocycles. The molecule has 34 heavy (non-hydrogen) atoms. The number of nitrogens with zero attached hydrogens (tertiary/aromatic N) is 5. The first kappa shape index (κ1) is 20.2. The summed E-state index contributed by atoms with van der Waals surface area (Å²) in [5.74, 6) is 0.173. The molecule has 4 heterocycles. The number of nitrogens with two attached hydrogens (primary N) is 1. The number of carbonyl (C=O) groups is 1. The van der Waals surface area contributed by atoms with E-state index in [2.05, 4.69) is 35.5 Å². The number of amides is 1. The summed E-state index contributed by atoms with van der Waals surface area (Å²) in [4.78, 5) is 28.7. The molecule has 11 heteroatoms. The summed E-state index contributed by atoms with van der Waals surface area (Å²) in [6, 6.07) is 11.2. The molecule has 4 aromatic heterocycles. The van der Waals surface area contributed by atoms with Gasteiger partial charge in [-0.25, -0.2) is 15.0 Å². The molecule has 0 radical (unpaired) electrons. The number of fused-ring (bicyclic) bond motifs is 3. The van der Waals surface area contributed by atoms with Gasteiger partial charge in [0.25, 0.3) is 5.91 Å². The minimum atomic E-state index is -0.165. The van der Waals surface area contributed by atoms with Crippen LogP contribution in [0.4, 0.5) is 5.82 Å². The molecule has 0 saturated carbocycles. The Morgan fingerprint density at radius 3 is 2.94 bits per heavy atom. The lowest BCUT2D eigenvalue weighted by Crippen LogP contribution is -2.22. The van der Waals surface area contributed by atoms with Crippen molar-refractivity contribution in [1.82, 2.24) is 40.0 Å². The quantitative estimate of drug-likeness (QED) is 0.303. The minimum absolute atomic E-state index is 0.165. The molecule has 0 spiro atoms. The summed E-state index contributed by atoms with van der Waals surface area (Å²) in [5, 5.41) is 12.3. The zero-order valence-electron chi connectivity index (χ0n) is 17.7. The normalized spacial score (nSPS) is 11.6. The fraction of sp³-hybridized carbons (Fsp3) is 0.0870. The summed E-state index contributed by atoms with van der Waals surface area (Å²) in [6.07, 6.45) is 4.80. The highest BCUT2D eigenvalue weighted by Gasteiger charge is 2.13. The number of aromatic nitrogens is 7. The Morgan fingerprint density at radius 2 is 2.03 bits per heavy atom. The van der Waals surface area contributed by atoms with Crippen LogP contribution in [0.5, 0.6) is 0 Å². The van der Waals surface area contributed by atoms with Crippen molar-refractivity contribution in [2.45, 2.75) is 13.1 Å². The van der Waals surface area contributed by atoms with Crippen molar-refractivity contribution in [3.8, 4) is 0 Å².